The molecule has 6 nitrogen and oxygen atoms in total. The summed E-state index contributed by atoms with van der Waals surface area (Å²) in [4.78, 5) is 23.3. The van der Waals surface area contributed by atoms with E-state index in [2.05, 4.69) is 10.6 Å². The zero-order chi connectivity index (χ0) is 13.2. The predicted octanol–water partition coefficient (Wildman–Crippen LogP) is -0.703. The zero-order valence-corrected chi connectivity index (χ0v) is 11.1. The molecule has 2 rings (SSSR count). The van der Waals surface area contributed by atoms with Crippen molar-refractivity contribution < 1.29 is 19.4 Å². The van der Waals surface area contributed by atoms with E-state index in [9.17, 15) is 14.7 Å². The summed E-state index contributed by atoms with van der Waals surface area (Å²) in [6, 6.07) is -0.696. The van der Waals surface area contributed by atoms with Gasteiger partial charge in [-0.25, -0.2) is 0 Å². The molecule has 0 saturated carbocycles. The zero-order valence-electron chi connectivity index (χ0n) is 10.3. The lowest BCUT2D eigenvalue weighted by molar-refractivity contribution is -0.149. The van der Waals surface area contributed by atoms with Crippen LogP contribution in [0, 0.1) is 5.41 Å². The lowest BCUT2D eigenvalue weighted by Gasteiger charge is -2.29. The first-order valence-corrected chi connectivity index (χ1v) is 7.12. The number of hydrogen-bond donors (Lipinski definition) is 3. The number of aliphatic carboxylic acids is 1. The number of carboxylic acids is 1. The van der Waals surface area contributed by atoms with E-state index in [0.29, 0.717) is 0 Å². The Balaban J connectivity index is 1.95. The van der Waals surface area contributed by atoms with Gasteiger partial charge in [-0.2, -0.15) is 11.8 Å². The average Bonchev–Trinajstić information content (AvgIpc) is 2.73. The largest absolute Gasteiger partial charge is 0.481 e. The van der Waals surface area contributed by atoms with E-state index in [1.54, 1.807) is 18.7 Å². The Hall–Kier alpha value is -0.790. The molecule has 1 amide bonds. The molecule has 7 heteroatoms. The molecule has 2 heterocycles. The minimum Gasteiger partial charge on any atom is -0.481 e. The van der Waals surface area contributed by atoms with Gasteiger partial charge in [0.15, 0.2) is 0 Å². The Morgan fingerprint density at radius 2 is 2.33 bits per heavy atom. The van der Waals surface area contributed by atoms with Gasteiger partial charge in [0.05, 0.1) is 25.3 Å². The fourth-order valence-corrected chi connectivity index (χ4v) is 3.02. The molecular weight excluding hydrogens is 256 g/mol. The van der Waals surface area contributed by atoms with Crippen LogP contribution in [0.2, 0.25) is 0 Å². The number of carbonyl (C=O) groups is 2. The third kappa shape index (κ3) is 2.62. The van der Waals surface area contributed by atoms with Crippen LogP contribution in [0.15, 0.2) is 0 Å². The van der Waals surface area contributed by atoms with Crippen molar-refractivity contribution >= 4 is 23.6 Å². The average molecular weight is 274 g/mol. The number of ether oxygens (including phenoxy) is 1. The molecule has 0 aromatic heterocycles. The molecular formula is C11H18N2O4S. The van der Waals surface area contributed by atoms with E-state index in [4.69, 9.17) is 4.74 Å². The summed E-state index contributed by atoms with van der Waals surface area (Å²) in [7, 11) is 0. The van der Waals surface area contributed by atoms with Gasteiger partial charge in [-0.1, -0.05) is 0 Å². The molecule has 3 N–H and O–H groups in total. The second-order valence-corrected chi connectivity index (χ2v) is 6.03. The second kappa shape index (κ2) is 5.46. The summed E-state index contributed by atoms with van der Waals surface area (Å²) in [6.45, 7) is 2.81. The summed E-state index contributed by atoms with van der Waals surface area (Å²) < 4.78 is 5.20. The molecule has 0 radical (unpaired) electrons. The van der Waals surface area contributed by atoms with E-state index in [0.717, 1.165) is 18.1 Å². The van der Waals surface area contributed by atoms with Crippen molar-refractivity contribution in [2.45, 2.75) is 19.0 Å². The first-order valence-electron chi connectivity index (χ1n) is 5.96. The molecule has 18 heavy (non-hydrogen) atoms. The molecule has 3 atom stereocenters. The van der Waals surface area contributed by atoms with Crippen molar-refractivity contribution in [2.24, 2.45) is 5.41 Å². The lowest BCUT2D eigenvalue weighted by atomic mass is 9.85. The quantitative estimate of drug-likeness (QED) is 0.630. The standard InChI is InChI=1S/C11H18N2O4S/c1-11(10(15)16)6-17-4-8(11)13-9(14)7-5-18-3-2-12-7/h7-8,12H,2-6H2,1H3,(H,13,14)(H,15,16). The molecule has 0 aliphatic carbocycles. The van der Waals surface area contributed by atoms with Crippen LogP contribution in [0.25, 0.3) is 0 Å². The third-order valence-corrected chi connectivity index (χ3v) is 4.56. The maximum absolute atomic E-state index is 12.0. The van der Waals surface area contributed by atoms with Crippen LogP contribution < -0.4 is 10.6 Å². The number of thioether (sulfide) groups is 1. The van der Waals surface area contributed by atoms with Gasteiger partial charge < -0.3 is 20.5 Å². The van der Waals surface area contributed by atoms with Crippen LogP contribution in [0.3, 0.4) is 0 Å². The number of hydrogen-bond acceptors (Lipinski definition) is 5. The Kier molecular flexibility index (Phi) is 4.14. The van der Waals surface area contributed by atoms with E-state index in [1.807, 2.05) is 0 Å². The van der Waals surface area contributed by atoms with Gasteiger partial charge >= 0.3 is 5.97 Å². The molecule has 2 aliphatic heterocycles. The van der Waals surface area contributed by atoms with Crippen LogP contribution in [-0.4, -0.2) is 60.3 Å². The molecule has 2 fully saturated rings. The van der Waals surface area contributed by atoms with Crippen molar-refractivity contribution in [3.8, 4) is 0 Å². The van der Waals surface area contributed by atoms with Gasteiger partial charge in [0, 0.05) is 18.1 Å². The van der Waals surface area contributed by atoms with Crippen LogP contribution in [-0.2, 0) is 14.3 Å². The summed E-state index contributed by atoms with van der Waals surface area (Å²) >= 11 is 1.72. The molecule has 0 aromatic carbocycles. The maximum Gasteiger partial charge on any atom is 0.313 e. The van der Waals surface area contributed by atoms with Crippen molar-refractivity contribution in [1.29, 1.82) is 0 Å². The van der Waals surface area contributed by atoms with Crippen molar-refractivity contribution in [3.63, 3.8) is 0 Å². The highest BCUT2D eigenvalue weighted by molar-refractivity contribution is 7.99. The van der Waals surface area contributed by atoms with Gasteiger partial charge in [0.25, 0.3) is 0 Å². The van der Waals surface area contributed by atoms with Crippen molar-refractivity contribution in [1.82, 2.24) is 10.6 Å². The Morgan fingerprint density at radius 1 is 1.56 bits per heavy atom. The van der Waals surface area contributed by atoms with E-state index >= 15 is 0 Å². The van der Waals surface area contributed by atoms with Gasteiger partial charge in [-0.15, -0.1) is 0 Å². The number of amides is 1. The fourth-order valence-electron chi connectivity index (χ4n) is 2.09. The van der Waals surface area contributed by atoms with Crippen LogP contribution in [0.4, 0.5) is 0 Å². The third-order valence-electron chi connectivity index (χ3n) is 3.50. The van der Waals surface area contributed by atoms with Crippen LogP contribution in [0.1, 0.15) is 6.92 Å². The monoisotopic (exact) mass is 274 g/mol. The van der Waals surface area contributed by atoms with Crippen molar-refractivity contribution in [2.75, 3.05) is 31.3 Å². The summed E-state index contributed by atoms with van der Waals surface area (Å²) in [5.74, 6) is 0.660. The highest BCUT2D eigenvalue weighted by atomic mass is 32.2. The molecule has 2 saturated heterocycles. The van der Waals surface area contributed by atoms with Gasteiger partial charge in [0.2, 0.25) is 5.91 Å². The van der Waals surface area contributed by atoms with Gasteiger partial charge in [-0.3, -0.25) is 9.59 Å². The van der Waals surface area contributed by atoms with Gasteiger partial charge in [-0.05, 0) is 6.92 Å². The number of carboxylic acid groups (broad SMARTS) is 1. The number of nitrogens with one attached hydrogen (secondary N) is 2. The number of rotatable bonds is 3. The molecule has 0 aromatic rings. The summed E-state index contributed by atoms with van der Waals surface area (Å²) in [5.41, 5.74) is -1.03. The molecule has 3 unspecified atom stereocenters. The van der Waals surface area contributed by atoms with E-state index in [-0.39, 0.29) is 25.2 Å². The van der Waals surface area contributed by atoms with Gasteiger partial charge in [0.1, 0.15) is 5.41 Å². The topological polar surface area (TPSA) is 87.7 Å². The smallest absolute Gasteiger partial charge is 0.313 e. The predicted molar refractivity (Wildman–Crippen MR) is 67.6 cm³/mol. The minimum atomic E-state index is -1.03. The Bertz CT molecular complexity index is 346. The fraction of sp³-hybridized carbons (Fsp3) is 0.818. The normalized spacial score (nSPS) is 36.3. The minimum absolute atomic E-state index is 0.134. The van der Waals surface area contributed by atoms with E-state index < -0.39 is 17.4 Å². The molecule has 2 aliphatic rings. The van der Waals surface area contributed by atoms with E-state index in [1.165, 1.54) is 0 Å². The van der Waals surface area contributed by atoms with Crippen LogP contribution >= 0.6 is 11.8 Å². The Morgan fingerprint density at radius 3 is 2.94 bits per heavy atom. The molecule has 0 spiro atoms. The Labute approximate surface area is 110 Å². The molecule has 0 bridgehead atoms. The van der Waals surface area contributed by atoms with Crippen LogP contribution in [0.5, 0.6) is 0 Å². The highest BCUT2D eigenvalue weighted by Gasteiger charge is 2.47. The SMILES string of the molecule is CC1(C(=O)O)COCC1NC(=O)C1CSCCN1. The summed E-state index contributed by atoms with van der Waals surface area (Å²) in [5, 5.41) is 15.1. The maximum atomic E-state index is 12.0. The molecule has 102 valence electrons. The summed E-state index contributed by atoms with van der Waals surface area (Å²) in [6.07, 6.45) is 0. The second-order valence-electron chi connectivity index (χ2n) is 4.88. The number of carbonyl (C=O) groups excluding carboxylic acids is 1. The first-order chi connectivity index (χ1) is 8.54. The highest BCUT2D eigenvalue weighted by Crippen LogP contribution is 2.28. The first kappa shape index (κ1) is 13.6. The van der Waals surface area contributed by atoms with Crippen molar-refractivity contribution in [3.05, 3.63) is 0 Å². The lowest BCUT2D eigenvalue weighted by Crippen LogP contribution is -2.56.